The zero-order chi connectivity index (χ0) is 15.7. The van der Waals surface area contributed by atoms with Crippen LogP contribution in [-0.4, -0.2) is 37.4 Å². The third kappa shape index (κ3) is 6.56. The van der Waals surface area contributed by atoms with E-state index in [4.69, 9.17) is 0 Å². The van der Waals surface area contributed by atoms with Gasteiger partial charge in [-0.1, -0.05) is 19.1 Å². The molecule has 0 radical (unpaired) electrons. The molecule has 1 aromatic rings. The summed E-state index contributed by atoms with van der Waals surface area (Å²) in [6, 6.07) is 7.09. The summed E-state index contributed by atoms with van der Waals surface area (Å²) in [7, 11) is 0. The molecule has 3 N–H and O–H groups in total. The van der Waals surface area contributed by atoms with E-state index in [1.165, 1.54) is 0 Å². The molecule has 7 heteroatoms. The maximum absolute atomic E-state index is 11.9. The molecule has 6 nitrogen and oxygen atoms in total. The number of rotatable bonds is 7. The van der Waals surface area contributed by atoms with Crippen LogP contribution in [0.3, 0.4) is 0 Å². The number of hydrogen-bond donors (Lipinski definition) is 3. The van der Waals surface area contributed by atoms with Gasteiger partial charge in [-0.15, -0.1) is 0 Å². The molecule has 0 unspecified atom stereocenters. The van der Waals surface area contributed by atoms with Gasteiger partial charge in [-0.25, -0.2) is 0 Å². The summed E-state index contributed by atoms with van der Waals surface area (Å²) in [5, 5.41) is 7.61. The van der Waals surface area contributed by atoms with Crippen molar-refractivity contribution in [2.75, 3.05) is 19.6 Å². The van der Waals surface area contributed by atoms with Crippen LogP contribution in [0.5, 0.6) is 0 Å². The van der Waals surface area contributed by atoms with Crippen molar-refractivity contribution in [1.82, 2.24) is 16.0 Å². The second-order valence-electron chi connectivity index (χ2n) is 4.29. The minimum Gasteiger partial charge on any atom is -0.355 e. The molecule has 0 heterocycles. The van der Waals surface area contributed by atoms with E-state index >= 15 is 0 Å². The van der Waals surface area contributed by atoms with Crippen molar-refractivity contribution < 1.29 is 14.4 Å². The van der Waals surface area contributed by atoms with Crippen LogP contribution >= 0.6 is 22.6 Å². The van der Waals surface area contributed by atoms with Gasteiger partial charge >= 0.3 is 0 Å². The van der Waals surface area contributed by atoms with Gasteiger partial charge in [0.1, 0.15) is 0 Å². The van der Waals surface area contributed by atoms with Crippen LogP contribution in [-0.2, 0) is 9.59 Å². The molecule has 0 aliphatic rings. The third-order valence-electron chi connectivity index (χ3n) is 2.55. The SMILES string of the molecule is CCCNC(=O)CNC(=O)CNC(=O)c1ccccc1I. The standard InChI is InChI=1S/C14H18IN3O3/c1-2-7-16-12(19)8-17-13(20)9-18-14(21)10-5-3-4-6-11(10)15/h3-6H,2,7-9H2,1H3,(H,16,19)(H,17,20)(H,18,21). The first-order valence-corrected chi connectivity index (χ1v) is 7.68. The van der Waals surface area contributed by atoms with Crippen LogP contribution in [0.15, 0.2) is 24.3 Å². The molecule has 3 amide bonds. The van der Waals surface area contributed by atoms with E-state index in [1.807, 2.05) is 19.1 Å². The van der Waals surface area contributed by atoms with Crippen LogP contribution < -0.4 is 16.0 Å². The molecule has 1 rings (SSSR count). The van der Waals surface area contributed by atoms with Gasteiger partial charge in [-0.3, -0.25) is 14.4 Å². The molecule has 114 valence electrons. The maximum Gasteiger partial charge on any atom is 0.252 e. The second-order valence-corrected chi connectivity index (χ2v) is 5.45. The average Bonchev–Trinajstić information content (AvgIpc) is 2.48. The number of carbonyl (C=O) groups is 3. The fourth-order valence-electron chi connectivity index (χ4n) is 1.47. The lowest BCUT2D eigenvalue weighted by Gasteiger charge is -2.08. The topological polar surface area (TPSA) is 87.3 Å². The lowest BCUT2D eigenvalue weighted by atomic mass is 10.2. The van der Waals surface area contributed by atoms with Crippen molar-refractivity contribution in [2.24, 2.45) is 0 Å². The van der Waals surface area contributed by atoms with Gasteiger partial charge in [-0.2, -0.15) is 0 Å². The van der Waals surface area contributed by atoms with Crippen molar-refractivity contribution in [1.29, 1.82) is 0 Å². The van der Waals surface area contributed by atoms with Gasteiger partial charge in [0, 0.05) is 10.1 Å². The van der Waals surface area contributed by atoms with Crippen molar-refractivity contribution in [3.05, 3.63) is 33.4 Å². The molecular weight excluding hydrogens is 385 g/mol. The summed E-state index contributed by atoms with van der Waals surface area (Å²) in [6.45, 7) is 2.28. The summed E-state index contributed by atoms with van der Waals surface area (Å²) >= 11 is 2.06. The molecule has 0 atom stereocenters. The van der Waals surface area contributed by atoms with Crippen molar-refractivity contribution in [2.45, 2.75) is 13.3 Å². The van der Waals surface area contributed by atoms with Crippen LogP contribution in [0, 0.1) is 3.57 Å². The largest absolute Gasteiger partial charge is 0.355 e. The first-order valence-electron chi connectivity index (χ1n) is 6.60. The maximum atomic E-state index is 11.9. The number of carbonyl (C=O) groups excluding carboxylic acids is 3. The van der Waals surface area contributed by atoms with Crippen molar-refractivity contribution >= 4 is 40.3 Å². The highest BCUT2D eigenvalue weighted by molar-refractivity contribution is 14.1. The van der Waals surface area contributed by atoms with Gasteiger partial charge in [0.05, 0.1) is 18.7 Å². The number of nitrogens with one attached hydrogen (secondary N) is 3. The highest BCUT2D eigenvalue weighted by atomic mass is 127. The van der Waals surface area contributed by atoms with E-state index in [9.17, 15) is 14.4 Å². The Labute approximate surface area is 137 Å². The smallest absolute Gasteiger partial charge is 0.252 e. The minimum absolute atomic E-state index is 0.0857. The quantitative estimate of drug-likeness (QED) is 0.585. The fourth-order valence-corrected chi connectivity index (χ4v) is 2.10. The zero-order valence-electron chi connectivity index (χ0n) is 11.7. The molecule has 0 fully saturated rings. The van der Waals surface area contributed by atoms with Crippen molar-refractivity contribution in [3.63, 3.8) is 0 Å². The van der Waals surface area contributed by atoms with E-state index in [0.717, 1.165) is 9.99 Å². The Morgan fingerprint density at radius 2 is 1.62 bits per heavy atom. The van der Waals surface area contributed by atoms with Crippen LogP contribution in [0.4, 0.5) is 0 Å². The number of benzene rings is 1. The first kappa shape index (κ1) is 17.4. The van der Waals surface area contributed by atoms with Crippen LogP contribution in [0.25, 0.3) is 0 Å². The van der Waals surface area contributed by atoms with Gasteiger partial charge in [-0.05, 0) is 41.1 Å². The van der Waals surface area contributed by atoms with E-state index in [2.05, 4.69) is 38.5 Å². The Balaban J connectivity index is 2.32. The predicted molar refractivity (Wildman–Crippen MR) is 87.8 cm³/mol. The van der Waals surface area contributed by atoms with E-state index in [1.54, 1.807) is 12.1 Å². The number of halogens is 1. The van der Waals surface area contributed by atoms with Crippen LogP contribution in [0.1, 0.15) is 23.7 Å². The number of hydrogen-bond acceptors (Lipinski definition) is 3. The zero-order valence-corrected chi connectivity index (χ0v) is 13.9. The highest BCUT2D eigenvalue weighted by Crippen LogP contribution is 2.10. The van der Waals surface area contributed by atoms with E-state index in [-0.39, 0.29) is 24.9 Å². The van der Waals surface area contributed by atoms with Crippen molar-refractivity contribution in [3.8, 4) is 0 Å². The van der Waals surface area contributed by atoms with E-state index in [0.29, 0.717) is 12.1 Å². The molecule has 21 heavy (non-hydrogen) atoms. The Hall–Kier alpha value is -1.64. The number of amides is 3. The second kappa shape index (κ2) is 9.32. The Bertz CT molecular complexity index is 520. The molecule has 0 aliphatic carbocycles. The molecule has 0 aromatic heterocycles. The summed E-state index contributed by atoms with van der Waals surface area (Å²) in [5.41, 5.74) is 0.520. The normalized spacial score (nSPS) is 9.81. The molecular formula is C14H18IN3O3. The summed E-state index contributed by atoms with van der Waals surface area (Å²) < 4.78 is 0.812. The van der Waals surface area contributed by atoms with Gasteiger partial charge in [0.15, 0.2) is 0 Å². The minimum atomic E-state index is -0.402. The molecule has 0 saturated carbocycles. The molecule has 0 bridgehead atoms. The highest BCUT2D eigenvalue weighted by Gasteiger charge is 2.11. The molecule has 0 aliphatic heterocycles. The van der Waals surface area contributed by atoms with E-state index < -0.39 is 5.91 Å². The monoisotopic (exact) mass is 403 g/mol. The lowest BCUT2D eigenvalue weighted by molar-refractivity contribution is -0.125. The Morgan fingerprint density at radius 3 is 2.29 bits per heavy atom. The fraction of sp³-hybridized carbons (Fsp3) is 0.357. The lowest BCUT2D eigenvalue weighted by Crippen LogP contribution is -2.42. The van der Waals surface area contributed by atoms with Crippen LogP contribution in [0.2, 0.25) is 0 Å². The third-order valence-corrected chi connectivity index (χ3v) is 3.49. The Kier molecular flexibility index (Phi) is 7.73. The van der Waals surface area contributed by atoms with Gasteiger partial charge < -0.3 is 16.0 Å². The van der Waals surface area contributed by atoms with Gasteiger partial charge in [0.25, 0.3) is 5.91 Å². The average molecular weight is 403 g/mol. The predicted octanol–water partition coefficient (Wildman–Crippen LogP) is 0.663. The summed E-state index contributed by atoms with van der Waals surface area (Å²) in [5.74, 6) is -0.958. The molecule has 0 spiro atoms. The molecule has 0 saturated heterocycles. The first-order chi connectivity index (χ1) is 10.0. The summed E-state index contributed by atoms with van der Waals surface area (Å²) in [6.07, 6.45) is 0.839. The Morgan fingerprint density at radius 1 is 1.00 bits per heavy atom. The summed E-state index contributed by atoms with van der Waals surface area (Å²) in [4.78, 5) is 34.7. The molecule has 1 aromatic carbocycles. The van der Waals surface area contributed by atoms with Gasteiger partial charge in [0.2, 0.25) is 11.8 Å².